The molecule has 2 aliphatic rings. The molecule has 7 heteroatoms. The number of halogens is 3. The highest BCUT2D eigenvalue weighted by molar-refractivity contribution is 6.35. The van der Waals surface area contributed by atoms with Crippen molar-refractivity contribution in [1.82, 2.24) is 15.5 Å². The number of carbonyl (C=O) groups is 1. The van der Waals surface area contributed by atoms with Crippen LogP contribution in [0.15, 0.2) is 18.2 Å². The molecule has 128 valence electrons. The van der Waals surface area contributed by atoms with Crippen molar-refractivity contribution in [3.8, 4) is 0 Å². The third-order valence-corrected chi connectivity index (χ3v) is 5.42. The van der Waals surface area contributed by atoms with Crippen LogP contribution in [0, 0.1) is 5.41 Å². The number of carbonyl (C=O) groups excluding carboxylic acids is 1. The smallest absolute Gasteiger partial charge is 0.317 e. The van der Waals surface area contributed by atoms with Crippen molar-refractivity contribution >= 4 is 41.6 Å². The average Bonchev–Trinajstić information content (AvgIpc) is 2.90. The third-order valence-electron chi connectivity index (χ3n) is 4.83. The molecular formula is C16H22Cl3N3O. The van der Waals surface area contributed by atoms with Crippen LogP contribution in [0.4, 0.5) is 4.79 Å². The number of likely N-dealkylation sites (tertiary alicyclic amines) is 1. The van der Waals surface area contributed by atoms with Gasteiger partial charge in [0.1, 0.15) is 0 Å². The summed E-state index contributed by atoms with van der Waals surface area (Å²) in [6, 6.07) is 5.34. The molecule has 0 aliphatic carbocycles. The Kier molecular flexibility index (Phi) is 6.43. The lowest BCUT2D eigenvalue weighted by atomic mass is 9.78. The van der Waals surface area contributed by atoms with Gasteiger partial charge in [-0.25, -0.2) is 4.79 Å². The van der Waals surface area contributed by atoms with E-state index in [-0.39, 0.29) is 18.4 Å². The van der Waals surface area contributed by atoms with E-state index in [1.807, 2.05) is 11.0 Å². The van der Waals surface area contributed by atoms with Crippen LogP contribution in [-0.4, -0.2) is 37.1 Å². The summed E-state index contributed by atoms with van der Waals surface area (Å²) in [4.78, 5) is 14.3. The van der Waals surface area contributed by atoms with Crippen molar-refractivity contribution < 1.29 is 4.79 Å². The summed E-state index contributed by atoms with van der Waals surface area (Å²) in [7, 11) is 0. The lowest BCUT2D eigenvalue weighted by molar-refractivity contribution is 0.183. The van der Waals surface area contributed by atoms with Crippen molar-refractivity contribution in [3.63, 3.8) is 0 Å². The fraction of sp³-hybridized carbons (Fsp3) is 0.562. The predicted octanol–water partition coefficient (Wildman–Crippen LogP) is 3.70. The number of hydrogen-bond acceptors (Lipinski definition) is 2. The molecule has 2 N–H and O–H groups in total. The van der Waals surface area contributed by atoms with Crippen LogP contribution >= 0.6 is 35.6 Å². The minimum absolute atomic E-state index is 0. The summed E-state index contributed by atoms with van der Waals surface area (Å²) in [6.07, 6.45) is 3.45. The van der Waals surface area contributed by atoms with E-state index in [2.05, 4.69) is 10.6 Å². The van der Waals surface area contributed by atoms with Crippen LogP contribution in [-0.2, 0) is 6.54 Å². The number of piperidine rings is 1. The molecule has 2 saturated heterocycles. The van der Waals surface area contributed by atoms with Crippen molar-refractivity contribution in [2.75, 3.05) is 26.2 Å². The van der Waals surface area contributed by atoms with Crippen LogP contribution < -0.4 is 10.6 Å². The Bertz CT molecular complexity index is 562. The van der Waals surface area contributed by atoms with E-state index in [4.69, 9.17) is 23.2 Å². The molecule has 1 aromatic rings. The van der Waals surface area contributed by atoms with Gasteiger partial charge in [0.05, 0.1) is 0 Å². The summed E-state index contributed by atoms with van der Waals surface area (Å²) < 4.78 is 0. The second kappa shape index (κ2) is 7.93. The minimum Gasteiger partial charge on any atom is -0.334 e. The molecule has 2 fully saturated rings. The van der Waals surface area contributed by atoms with Gasteiger partial charge >= 0.3 is 6.03 Å². The van der Waals surface area contributed by atoms with Crippen molar-refractivity contribution in [1.29, 1.82) is 0 Å². The van der Waals surface area contributed by atoms with Gasteiger partial charge in [0.2, 0.25) is 0 Å². The van der Waals surface area contributed by atoms with Crippen LogP contribution in [0.25, 0.3) is 0 Å². The third kappa shape index (κ3) is 4.44. The van der Waals surface area contributed by atoms with E-state index >= 15 is 0 Å². The molecule has 4 nitrogen and oxygen atoms in total. The monoisotopic (exact) mass is 377 g/mol. The number of urea groups is 1. The maximum Gasteiger partial charge on any atom is 0.317 e. The number of hydrogen-bond donors (Lipinski definition) is 2. The zero-order valence-corrected chi connectivity index (χ0v) is 15.2. The van der Waals surface area contributed by atoms with E-state index in [1.54, 1.807) is 12.1 Å². The molecule has 0 atom stereocenters. The molecule has 3 rings (SSSR count). The molecule has 0 unspecified atom stereocenters. The quantitative estimate of drug-likeness (QED) is 0.824. The second-order valence-electron chi connectivity index (χ2n) is 6.32. The van der Waals surface area contributed by atoms with Gasteiger partial charge in [-0.2, -0.15) is 0 Å². The Balaban J connectivity index is 0.00000192. The van der Waals surface area contributed by atoms with Gasteiger partial charge in [0.15, 0.2) is 0 Å². The van der Waals surface area contributed by atoms with Crippen molar-refractivity contribution in [2.24, 2.45) is 5.41 Å². The van der Waals surface area contributed by atoms with E-state index in [0.717, 1.165) is 38.2 Å². The topological polar surface area (TPSA) is 44.4 Å². The highest BCUT2D eigenvalue weighted by Crippen LogP contribution is 2.38. The first-order valence-electron chi connectivity index (χ1n) is 7.75. The van der Waals surface area contributed by atoms with Crippen molar-refractivity contribution in [3.05, 3.63) is 33.8 Å². The molecule has 23 heavy (non-hydrogen) atoms. The molecule has 2 aliphatic heterocycles. The van der Waals surface area contributed by atoms with E-state index < -0.39 is 0 Å². The van der Waals surface area contributed by atoms with Gasteiger partial charge in [-0.05, 0) is 55.5 Å². The number of rotatable bonds is 2. The van der Waals surface area contributed by atoms with Crippen LogP contribution in [0.3, 0.4) is 0 Å². The van der Waals surface area contributed by atoms with Gasteiger partial charge in [-0.3, -0.25) is 0 Å². The highest BCUT2D eigenvalue weighted by atomic mass is 35.5. The molecule has 0 saturated carbocycles. The normalized spacial score (nSPS) is 19.5. The zero-order chi connectivity index (χ0) is 15.6. The van der Waals surface area contributed by atoms with Gasteiger partial charge < -0.3 is 15.5 Å². The SMILES string of the molecule is Cl.O=C(NCc1ccc(Cl)cc1Cl)N1CCC2(CCNCC2)C1. The molecular weight excluding hydrogens is 357 g/mol. The predicted molar refractivity (Wildman–Crippen MR) is 96.7 cm³/mol. The maximum absolute atomic E-state index is 12.4. The average molecular weight is 379 g/mol. The highest BCUT2D eigenvalue weighted by Gasteiger charge is 2.40. The standard InChI is InChI=1S/C16H21Cl2N3O.ClH/c17-13-2-1-12(14(18)9-13)10-20-15(22)21-8-5-16(11-21)3-6-19-7-4-16;/h1-2,9,19H,3-8,10-11H2,(H,20,22);1H. The first-order valence-corrected chi connectivity index (χ1v) is 8.51. The summed E-state index contributed by atoms with van der Waals surface area (Å²) in [6.45, 7) is 4.28. The van der Waals surface area contributed by atoms with Crippen LogP contribution in [0.2, 0.25) is 10.0 Å². The largest absolute Gasteiger partial charge is 0.334 e. The van der Waals surface area contributed by atoms with Crippen LogP contribution in [0.1, 0.15) is 24.8 Å². The first-order chi connectivity index (χ1) is 10.6. The maximum atomic E-state index is 12.4. The number of nitrogens with zero attached hydrogens (tertiary/aromatic N) is 1. The Labute approximate surface area is 153 Å². The molecule has 1 spiro atoms. The molecule has 2 heterocycles. The minimum atomic E-state index is 0. The van der Waals surface area contributed by atoms with E-state index in [0.29, 0.717) is 22.0 Å². The summed E-state index contributed by atoms with van der Waals surface area (Å²) in [5.74, 6) is 0. The Hall–Kier alpha value is -0.680. The van der Waals surface area contributed by atoms with Crippen molar-refractivity contribution in [2.45, 2.75) is 25.8 Å². The lowest BCUT2D eigenvalue weighted by Crippen LogP contribution is -2.42. The van der Waals surface area contributed by atoms with Gasteiger partial charge in [0.25, 0.3) is 0 Å². The first kappa shape index (κ1) is 18.7. The Morgan fingerprint density at radius 1 is 1.26 bits per heavy atom. The zero-order valence-electron chi connectivity index (χ0n) is 12.9. The lowest BCUT2D eigenvalue weighted by Gasteiger charge is -2.33. The van der Waals surface area contributed by atoms with Gasteiger partial charge in [-0.15, -0.1) is 12.4 Å². The molecule has 2 amide bonds. The second-order valence-corrected chi connectivity index (χ2v) is 7.16. The molecule has 0 radical (unpaired) electrons. The number of amides is 2. The summed E-state index contributed by atoms with van der Waals surface area (Å²) in [5, 5.41) is 7.55. The molecule has 1 aromatic carbocycles. The number of nitrogens with one attached hydrogen (secondary N) is 2. The van der Waals surface area contributed by atoms with Gasteiger partial charge in [-0.1, -0.05) is 29.3 Å². The Morgan fingerprint density at radius 3 is 2.70 bits per heavy atom. The Morgan fingerprint density at radius 2 is 2.00 bits per heavy atom. The summed E-state index contributed by atoms with van der Waals surface area (Å²) >= 11 is 12.0. The number of benzene rings is 1. The molecule has 0 bridgehead atoms. The fourth-order valence-corrected chi connectivity index (χ4v) is 3.90. The summed E-state index contributed by atoms with van der Waals surface area (Å²) in [5.41, 5.74) is 1.22. The van der Waals surface area contributed by atoms with E-state index in [1.165, 1.54) is 12.8 Å². The van der Waals surface area contributed by atoms with Gasteiger partial charge in [0, 0.05) is 29.7 Å². The van der Waals surface area contributed by atoms with Crippen LogP contribution in [0.5, 0.6) is 0 Å². The fourth-order valence-electron chi connectivity index (χ4n) is 3.42. The molecule has 0 aromatic heterocycles. The van der Waals surface area contributed by atoms with E-state index in [9.17, 15) is 4.79 Å².